The molecule has 0 aromatic rings. The van der Waals surface area contributed by atoms with Crippen molar-refractivity contribution >= 4 is 5.97 Å². The van der Waals surface area contributed by atoms with Crippen LogP contribution in [0.1, 0.15) is 73.1 Å². The normalized spacial score (nSPS) is 45.5. The van der Waals surface area contributed by atoms with Gasteiger partial charge < -0.3 is 4.74 Å². The summed E-state index contributed by atoms with van der Waals surface area (Å²) >= 11 is 0. The Morgan fingerprint density at radius 2 is 1.78 bits per heavy atom. The van der Waals surface area contributed by atoms with Gasteiger partial charge in [-0.25, -0.2) is 0 Å². The zero-order valence-electron chi connectivity index (χ0n) is 15.9. The molecule has 0 heterocycles. The highest BCUT2D eigenvalue weighted by atomic mass is 16.5. The number of ether oxygens (including phenoxy) is 1. The van der Waals surface area contributed by atoms with Gasteiger partial charge in [0.1, 0.15) is 0 Å². The van der Waals surface area contributed by atoms with E-state index >= 15 is 0 Å². The largest absolute Gasteiger partial charge is 0.469 e. The minimum atomic E-state index is -0.0472. The minimum absolute atomic E-state index is 0.0249. The number of carbonyl (C=O) groups excluding carboxylic acids is 1. The van der Waals surface area contributed by atoms with Crippen LogP contribution in [-0.2, 0) is 9.53 Å². The Hall–Kier alpha value is -0.790. The number of fused-ring (bicyclic) bond motifs is 3. The van der Waals surface area contributed by atoms with Crippen molar-refractivity contribution in [2.45, 2.75) is 73.1 Å². The smallest absolute Gasteiger partial charge is 0.313 e. The van der Waals surface area contributed by atoms with Gasteiger partial charge in [-0.3, -0.25) is 4.79 Å². The maximum absolute atomic E-state index is 12.6. The zero-order chi connectivity index (χ0) is 17.0. The second-order valence-electron chi connectivity index (χ2n) is 9.64. The molecule has 0 amide bonds. The average Bonchev–Trinajstić information content (AvgIpc) is 2.44. The topological polar surface area (TPSA) is 26.3 Å². The molecule has 0 unspecified atom stereocenters. The summed E-state index contributed by atoms with van der Waals surface area (Å²) in [4.78, 5) is 12.6. The Bertz CT molecular complexity index is 532. The number of hydrogen-bond donors (Lipinski definition) is 0. The van der Waals surface area contributed by atoms with Crippen molar-refractivity contribution in [3.63, 3.8) is 0 Å². The lowest BCUT2D eigenvalue weighted by atomic mass is 9.40. The fourth-order valence-corrected chi connectivity index (χ4v) is 7.09. The first-order chi connectivity index (χ1) is 10.7. The van der Waals surface area contributed by atoms with Gasteiger partial charge >= 0.3 is 5.97 Å². The molecule has 0 bridgehead atoms. The van der Waals surface area contributed by atoms with Crippen LogP contribution in [-0.4, -0.2) is 13.1 Å². The Morgan fingerprint density at radius 1 is 1.09 bits per heavy atom. The summed E-state index contributed by atoms with van der Waals surface area (Å²) in [5.41, 5.74) is 2.08. The number of methoxy groups -OCH3 is 1. The van der Waals surface area contributed by atoms with E-state index in [2.05, 4.69) is 40.7 Å². The first-order valence-corrected chi connectivity index (χ1v) is 9.41. The fourth-order valence-electron chi connectivity index (χ4n) is 7.09. The molecule has 0 aromatic carbocycles. The fraction of sp³-hybridized carbons (Fsp3) is 0.857. The van der Waals surface area contributed by atoms with E-state index in [0.29, 0.717) is 16.7 Å². The van der Waals surface area contributed by atoms with Crippen molar-refractivity contribution in [3.8, 4) is 0 Å². The first-order valence-electron chi connectivity index (χ1n) is 9.41. The standard InChI is InChI=1S/C21H34O2/c1-14-8-9-16-20(4)12-7-11-19(2,3)15(20)10-13-21(16,5)17(14)18(22)23-6/h8,15-17H,7,9-13H2,1-6H3/t15-,16+,17+,20-,21+/m0/s1. The molecular weight excluding hydrogens is 284 g/mol. The Labute approximate surface area is 142 Å². The molecule has 3 aliphatic rings. The monoisotopic (exact) mass is 318 g/mol. The van der Waals surface area contributed by atoms with Gasteiger partial charge in [0, 0.05) is 0 Å². The van der Waals surface area contributed by atoms with E-state index in [0.717, 1.165) is 18.8 Å². The van der Waals surface area contributed by atoms with Crippen molar-refractivity contribution in [2.75, 3.05) is 7.11 Å². The molecule has 0 aliphatic heterocycles. The molecule has 130 valence electrons. The van der Waals surface area contributed by atoms with E-state index in [9.17, 15) is 4.79 Å². The van der Waals surface area contributed by atoms with E-state index in [1.54, 1.807) is 7.11 Å². The summed E-state index contributed by atoms with van der Waals surface area (Å²) in [6, 6.07) is 0. The van der Waals surface area contributed by atoms with Crippen LogP contribution in [0.2, 0.25) is 0 Å². The van der Waals surface area contributed by atoms with Gasteiger partial charge in [0.15, 0.2) is 0 Å². The summed E-state index contributed by atoms with van der Waals surface area (Å²) < 4.78 is 5.20. The molecule has 2 nitrogen and oxygen atoms in total. The molecule has 0 aromatic heterocycles. The predicted molar refractivity (Wildman–Crippen MR) is 93.9 cm³/mol. The van der Waals surface area contributed by atoms with E-state index < -0.39 is 0 Å². The summed E-state index contributed by atoms with van der Waals surface area (Å²) in [6.07, 6.45) is 9.90. The molecule has 0 N–H and O–H groups in total. The van der Waals surface area contributed by atoms with Crippen LogP contribution in [0.5, 0.6) is 0 Å². The first kappa shape index (κ1) is 17.0. The molecule has 2 saturated carbocycles. The van der Waals surface area contributed by atoms with Crippen molar-refractivity contribution in [3.05, 3.63) is 11.6 Å². The number of rotatable bonds is 1. The SMILES string of the molecule is COC(=O)[C@H]1C(C)=CC[C@H]2[C@@]1(C)CC[C@H]1C(C)(C)CCC[C@]21C. The highest BCUT2D eigenvalue weighted by Gasteiger charge is 2.61. The van der Waals surface area contributed by atoms with Crippen LogP contribution < -0.4 is 0 Å². The van der Waals surface area contributed by atoms with Crippen molar-refractivity contribution in [2.24, 2.45) is 34.0 Å². The molecule has 23 heavy (non-hydrogen) atoms. The molecule has 0 saturated heterocycles. The third kappa shape index (κ3) is 2.31. The molecule has 0 radical (unpaired) electrons. The number of carbonyl (C=O) groups is 1. The average molecular weight is 319 g/mol. The van der Waals surface area contributed by atoms with Crippen LogP contribution in [0.3, 0.4) is 0 Å². The lowest BCUT2D eigenvalue weighted by molar-refractivity contribution is -0.169. The van der Waals surface area contributed by atoms with Gasteiger partial charge in [-0.2, -0.15) is 0 Å². The number of allylic oxidation sites excluding steroid dienone is 1. The van der Waals surface area contributed by atoms with Gasteiger partial charge in [0.25, 0.3) is 0 Å². The maximum atomic E-state index is 12.6. The Morgan fingerprint density at radius 3 is 2.43 bits per heavy atom. The predicted octanol–water partition coefficient (Wildman–Crippen LogP) is 5.37. The highest BCUT2D eigenvalue weighted by Crippen LogP contribution is 2.68. The second kappa shape index (κ2) is 5.36. The molecule has 5 atom stereocenters. The number of hydrogen-bond acceptors (Lipinski definition) is 2. The molecule has 3 aliphatic carbocycles. The molecule has 3 rings (SSSR count). The van der Waals surface area contributed by atoms with Crippen molar-refractivity contribution in [1.82, 2.24) is 0 Å². The third-order valence-electron chi connectivity index (χ3n) is 8.07. The van der Waals surface area contributed by atoms with Crippen LogP contribution in [0, 0.1) is 34.0 Å². The molecule has 0 spiro atoms. The number of esters is 1. The van der Waals surface area contributed by atoms with Gasteiger partial charge in [0.05, 0.1) is 13.0 Å². The van der Waals surface area contributed by atoms with E-state index in [1.165, 1.54) is 31.3 Å². The summed E-state index contributed by atoms with van der Waals surface area (Å²) in [5.74, 6) is 1.31. The van der Waals surface area contributed by atoms with Crippen LogP contribution in [0.4, 0.5) is 0 Å². The zero-order valence-corrected chi connectivity index (χ0v) is 15.9. The lowest BCUT2D eigenvalue weighted by Gasteiger charge is -2.64. The van der Waals surface area contributed by atoms with Gasteiger partial charge in [-0.1, -0.05) is 45.8 Å². The minimum Gasteiger partial charge on any atom is -0.469 e. The molecular formula is C21H34O2. The van der Waals surface area contributed by atoms with E-state index in [4.69, 9.17) is 4.74 Å². The Kier molecular flexibility index (Phi) is 3.97. The maximum Gasteiger partial charge on any atom is 0.313 e. The second-order valence-corrected chi connectivity index (χ2v) is 9.64. The quantitative estimate of drug-likeness (QED) is 0.479. The van der Waals surface area contributed by atoms with E-state index in [-0.39, 0.29) is 17.3 Å². The van der Waals surface area contributed by atoms with Gasteiger partial charge in [-0.15, -0.1) is 0 Å². The molecule has 2 heteroatoms. The third-order valence-corrected chi connectivity index (χ3v) is 8.07. The Balaban J connectivity index is 2.05. The molecule has 2 fully saturated rings. The van der Waals surface area contributed by atoms with Gasteiger partial charge in [0.2, 0.25) is 0 Å². The van der Waals surface area contributed by atoms with Gasteiger partial charge in [-0.05, 0) is 67.1 Å². The van der Waals surface area contributed by atoms with Crippen molar-refractivity contribution < 1.29 is 9.53 Å². The summed E-state index contributed by atoms with van der Waals surface area (Å²) in [7, 11) is 1.54. The summed E-state index contributed by atoms with van der Waals surface area (Å²) in [5, 5.41) is 0. The van der Waals surface area contributed by atoms with Crippen LogP contribution in [0.15, 0.2) is 11.6 Å². The van der Waals surface area contributed by atoms with Crippen LogP contribution >= 0.6 is 0 Å². The van der Waals surface area contributed by atoms with Crippen LogP contribution in [0.25, 0.3) is 0 Å². The van der Waals surface area contributed by atoms with Crippen molar-refractivity contribution in [1.29, 1.82) is 0 Å². The highest BCUT2D eigenvalue weighted by molar-refractivity contribution is 5.77. The van der Waals surface area contributed by atoms with E-state index in [1.807, 2.05) is 0 Å². The summed E-state index contributed by atoms with van der Waals surface area (Å²) in [6.45, 7) is 12.0. The lowest BCUT2D eigenvalue weighted by Crippen LogP contribution is -2.58.